The molecule has 0 bridgehead atoms. The van der Waals surface area contributed by atoms with Gasteiger partial charge in [-0.05, 0) is 6.92 Å². The van der Waals surface area contributed by atoms with Crippen LogP contribution in [0, 0.1) is 0 Å². The SMILES string of the molecule is COC[C@H]1O[C@@H](C)C[C@H]1OP(C)(=O)O. The minimum atomic E-state index is -3.44. The van der Waals surface area contributed by atoms with E-state index < -0.39 is 7.60 Å². The molecule has 1 N–H and O–H groups in total. The molecule has 6 heteroatoms. The van der Waals surface area contributed by atoms with Crippen LogP contribution in [-0.4, -0.2) is 43.6 Å². The van der Waals surface area contributed by atoms with Crippen LogP contribution in [0.2, 0.25) is 0 Å². The van der Waals surface area contributed by atoms with Crippen molar-refractivity contribution in [1.29, 1.82) is 0 Å². The Balaban J connectivity index is 2.53. The Hall–Kier alpha value is 0.0700. The topological polar surface area (TPSA) is 65.0 Å². The molecule has 1 aliphatic rings. The summed E-state index contributed by atoms with van der Waals surface area (Å²) < 4.78 is 26.5. The molecule has 0 spiro atoms. The van der Waals surface area contributed by atoms with Crippen LogP contribution in [0.4, 0.5) is 0 Å². The lowest BCUT2D eigenvalue weighted by atomic mass is 10.1. The number of ether oxygens (including phenoxy) is 2. The molecule has 0 radical (unpaired) electrons. The van der Waals surface area contributed by atoms with Crippen molar-refractivity contribution in [3.63, 3.8) is 0 Å². The van der Waals surface area contributed by atoms with Gasteiger partial charge in [0.05, 0.1) is 18.8 Å². The van der Waals surface area contributed by atoms with Crippen LogP contribution >= 0.6 is 7.60 Å². The van der Waals surface area contributed by atoms with Crippen LogP contribution in [0.1, 0.15) is 13.3 Å². The highest BCUT2D eigenvalue weighted by Crippen LogP contribution is 2.42. The average molecular weight is 224 g/mol. The Kier molecular flexibility index (Phi) is 4.10. The molecule has 0 saturated carbocycles. The average Bonchev–Trinajstić information content (AvgIpc) is 2.28. The van der Waals surface area contributed by atoms with E-state index in [0.717, 1.165) is 0 Å². The third-order valence-electron chi connectivity index (χ3n) is 2.05. The van der Waals surface area contributed by atoms with Gasteiger partial charge in [-0.1, -0.05) is 0 Å². The fourth-order valence-electron chi connectivity index (χ4n) is 1.59. The van der Waals surface area contributed by atoms with Crippen molar-refractivity contribution in [1.82, 2.24) is 0 Å². The molecule has 1 saturated heterocycles. The van der Waals surface area contributed by atoms with Crippen molar-refractivity contribution < 1.29 is 23.5 Å². The van der Waals surface area contributed by atoms with Gasteiger partial charge >= 0.3 is 7.60 Å². The summed E-state index contributed by atoms with van der Waals surface area (Å²) in [4.78, 5) is 9.09. The zero-order valence-electron chi connectivity index (χ0n) is 8.67. The first kappa shape index (κ1) is 12.1. The van der Waals surface area contributed by atoms with Crippen LogP contribution in [0.3, 0.4) is 0 Å². The zero-order chi connectivity index (χ0) is 10.8. The molecule has 0 aromatic carbocycles. The highest BCUT2D eigenvalue weighted by Gasteiger charge is 2.36. The van der Waals surface area contributed by atoms with E-state index in [9.17, 15) is 4.57 Å². The van der Waals surface area contributed by atoms with E-state index in [4.69, 9.17) is 18.9 Å². The molecule has 0 aromatic heterocycles. The largest absolute Gasteiger partial charge is 0.382 e. The smallest absolute Gasteiger partial charge is 0.325 e. The number of hydrogen-bond acceptors (Lipinski definition) is 4. The maximum absolute atomic E-state index is 11.1. The lowest BCUT2D eigenvalue weighted by Crippen LogP contribution is -2.27. The van der Waals surface area contributed by atoms with Crippen molar-refractivity contribution in [2.24, 2.45) is 0 Å². The van der Waals surface area contributed by atoms with E-state index in [1.807, 2.05) is 6.92 Å². The highest BCUT2D eigenvalue weighted by molar-refractivity contribution is 7.51. The summed E-state index contributed by atoms with van der Waals surface area (Å²) >= 11 is 0. The Morgan fingerprint density at radius 2 is 2.29 bits per heavy atom. The van der Waals surface area contributed by atoms with Gasteiger partial charge < -0.3 is 18.9 Å². The van der Waals surface area contributed by atoms with E-state index in [2.05, 4.69) is 0 Å². The summed E-state index contributed by atoms with van der Waals surface area (Å²) in [7, 11) is -1.87. The fraction of sp³-hybridized carbons (Fsp3) is 1.00. The lowest BCUT2D eigenvalue weighted by molar-refractivity contribution is -0.0246. The summed E-state index contributed by atoms with van der Waals surface area (Å²) in [5, 5.41) is 0. The van der Waals surface area contributed by atoms with Gasteiger partial charge in [0.15, 0.2) is 0 Å². The van der Waals surface area contributed by atoms with Crippen molar-refractivity contribution in [3.05, 3.63) is 0 Å². The maximum Gasteiger partial charge on any atom is 0.325 e. The molecule has 1 fully saturated rings. The molecule has 1 aliphatic heterocycles. The number of hydrogen-bond donors (Lipinski definition) is 1. The normalized spacial score (nSPS) is 37.0. The predicted molar refractivity (Wildman–Crippen MR) is 51.5 cm³/mol. The lowest BCUT2D eigenvalue weighted by Gasteiger charge is -2.19. The molecule has 1 rings (SSSR count). The highest BCUT2D eigenvalue weighted by atomic mass is 31.2. The molecular formula is C8H17O5P. The molecule has 0 aliphatic carbocycles. The van der Waals surface area contributed by atoms with E-state index >= 15 is 0 Å². The standard InChI is InChI=1S/C8H17O5P/c1-6-4-7(13-14(3,9)10)8(12-6)5-11-2/h6-8H,4-5H2,1-3H3,(H,9,10)/t6-,7+,8+/m0/s1. The van der Waals surface area contributed by atoms with Gasteiger partial charge in [-0.15, -0.1) is 0 Å². The zero-order valence-corrected chi connectivity index (χ0v) is 9.57. The molecule has 5 nitrogen and oxygen atoms in total. The second kappa shape index (κ2) is 4.73. The second-order valence-electron chi connectivity index (χ2n) is 3.62. The number of methoxy groups -OCH3 is 1. The Morgan fingerprint density at radius 1 is 1.64 bits per heavy atom. The van der Waals surface area contributed by atoms with Gasteiger partial charge in [0.1, 0.15) is 6.10 Å². The summed E-state index contributed by atoms with van der Waals surface area (Å²) in [6.07, 6.45) is 0.0970. The molecule has 4 atom stereocenters. The molecule has 1 heterocycles. The van der Waals surface area contributed by atoms with Gasteiger partial charge in [0.2, 0.25) is 0 Å². The van der Waals surface area contributed by atoms with E-state index in [1.54, 1.807) is 7.11 Å². The van der Waals surface area contributed by atoms with Crippen LogP contribution in [0.5, 0.6) is 0 Å². The molecule has 14 heavy (non-hydrogen) atoms. The second-order valence-corrected chi connectivity index (χ2v) is 5.44. The Bertz CT molecular complexity index is 226. The molecule has 84 valence electrons. The first-order valence-corrected chi connectivity index (χ1v) is 6.58. The van der Waals surface area contributed by atoms with Gasteiger partial charge in [-0.25, -0.2) is 0 Å². The monoisotopic (exact) mass is 224 g/mol. The van der Waals surface area contributed by atoms with Crippen LogP contribution in [0.15, 0.2) is 0 Å². The molecule has 0 aromatic rings. The molecular weight excluding hydrogens is 207 g/mol. The minimum Gasteiger partial charge on any atom is -0.382 e. The van der Waals surface area contributed by atoms with Crippen molar-refractivity contribution >= 4 is 7.60 Å². The van der Waals surface area contributed by atoms with Crippen LogP contribution in [0.25, 0.3) is 0 Å². The quantitative estimate of drug-likeness (QED) is 0.722. The van der Waals surface area contributed by atoms with Crippen LogP contribution in [-0.2, 0) is 18.6 Å². The molecule has 0 amide bonds. The van der Waals surface area contributed by atoms with Gasteiger partial charge in [0.25, 0.3) is 0 Å². The first-order chi connectivity index (χ1) is 6.42. The van der Waals surface area contributed by atoms with Crippen molar-refractivity contribution in [2.45, 2.75) is 31.7 Å². The number of rotatable bonds is 4. The van der Waals surface area contributed by atoms with E-state index in [1.165, 1.54) is 6.66 Å². The third kappa shape index (κ3) is 3.67. The van der Waals surface area contributed by atoms with E-state index in [0.29, 0.717) is 13.0 Å². The fourth-order valence-corrected chi connectivity index (χ4v) is 2.32. The minimum absolute atomic E-state index is 0.0479. The maximum atomic E-state index is 11.1. The molecule has 1 unspecified atom stereocenters. The first-order valence-electron chi connectivity index (χ1n) is 4.55. The summed E-state index contributed by atoms with van der Waals surface area (Å²) in [6, 6.07) is 0. The summed E-state index contributed by atoms with van der Waals surface area (Å²) in [5.74, 6) is 0. The Labute approximate surface area is 83.9 Å². The van der Waals surface area contributed by atoms with E-state index in [-0.39, 0.29) is 18.3 Å². The summed E-state index contributed by atoms with van der Waals surface area (Å²) in [5.41, 5.74) is 0. The van der Waals surface area contributed by atoms with Gasteiger partial charge in [0, 0.05) is 20.2 Å². The van der Waals surface area contributed by atoms with Crippen molar-refractivity contribution in [3.8, 4) is 0 Å². The predicted octanol–water partition coefficient (Wildman–Crippen LogP) is 1.01. The summed E-state index contributed by atoms with van der Waals surface area (Å²) in [6.45, 7) is 3.47. The van der Waals surface area contributed by atoms with Gasteiger partial charge in [-0.3, -0.25) is 4.57 Å². The van der Waals surface area contributed by atoms with Crippen LogP contribution < -0.4 is 0 Å². The van der Waals surface area contributed by atoms with Crippen molar-refractivity contribution in [2.75, 3.05) is 20.4 Å². The third-order valence-corrected chi connectivity index (χ3v) is 2.71. The Morgan fingerprint density at radius 3 is 2.79 bits per heavy atom. The van der Waals surface area contributed by atoms with Gasteiger partial charge in [-0.2, -0.15) is 0 Å².